The number of thiophene rings is 1. The first-order chi connectivity index (χ1) is 8.56. The normalized spacial score (nSPS) is 19.8. The molecule has 1 aliphatic rings. The van der Waals surface area contributed by atoms with Gasteiger partial charge >= 0.3 is 5.97 Å². The molecule has 0 saturated carbocycles. The predicted molar refractivity (Wildman–Crippen MR) is 66.7 cm³/mol. The number of carbonyl (C=O) groups is 2. The second-order valence-corrected chi connectivity index (χ2v) is 5.60. The van der Waals surface area contributed by atoms with E-state index in [9.17, 15) is 9.59 Å². The van der Waals surface area contributed by atoms with E-state index in [1.807, 2.05) is 19.1 Å². The Kier molecular flexibility index (Phi) is 3.98. The number of nitrogens with zero attached hydrogens (tertiary/aromatic N) is 1. The Morgan fingerprint density at radius 1 is 1.56 bits per heavy atom. The van der Waals surface area contributed by atoms with Crippen LogP contribution in [-0.4, -0.2) is 47.7 Å². The summed E-state index contributed by atoms with van der Waals surface area (Å²) in [5.74, 6) is -1.05. The first kappa shape index (κ1) is 13.0. The standard InChI is InChI=1S/C12H15NO4S/c1-8-2-3-9(18-8)6-11(14)13-4-5-17-10(7-13)12(15)16/h2-3,10H,4-7H2,1H3,(H,15,16)/t10-/m0/s1. The average Bonchev–Trinajstić information content (AvgIpc) is 2.75. The van der Waals surface area contributed by atoms with Crippen LogP contribution in [0.3, 0.4) is 0 Å². The fourth-order valence-corrected chi connectivity index (χ4v) is 2.75. The molecule has 2 rings (SSSR count). The summed E-state index contributed by atoms with van der Waals surface area (Å²) in [6.07, 6.45) is -0.557. The van der Waals surface area contributed by atoms with E-state index in [2.05, 4.69) is 0 Å². The summed E-state index contributed by atoms with van der Waals surface area (Å²) in [5, 5.41) is 8.87. The summed E-state index contributed by atoms with van der Waals surface area (Å²) >= 11 is 1.59. The van der Waals surface area contributed by atoms with Crippen molar-refractivity contribution in [3.63, 3.8) is 0 Å². The van der Waals surface area contributed by atoms with Crippen LogP contribution in [0.4, 0.5) is 0 Å². The highest BCUT2D eigenvalue weighted by molar-refractivity contribution is 7.12. The number of rotatable bonds is 3. The number of morpholine rings is 1. The maximum absolute atomic E-state index is 12.0. The minimum Gasteiger partial charge on any atom is -0.479 e. The fourth-order valence-electron chi connectivity index (χ4n) is 1.87. The van der Waals surface area contributed by atoms with Gasteiger partial charge in [0, 0.05) is 16.3 Å². The Hall–Kier alpha value is -1.40. The number of aliphatic carboxylic acids is 1. The minimum absolute atomic E-state index is 0.0357. The molecule has 0 aliphatic carbocycles. The van der Waals surface area contributed by atoms with Crippen LogP contribution in [0, 0.1) is 6.92 Å². The molecule has 1 aromatic heterocycles. The van der Waals surface area contributed by atoms with E-state index in [1.54, 1.807) is 16.2 Å². The zero-order valence-corrected chi connectivity index (χ0v) is 10.9. The van der Waals surface area contributed by atoms with Crippen LogP contribution in [0.1, 0.15) is 9.75 Å². The van der Waals surface area contributed by atoms with E-state index in [4.69, 9.17) is 9.84 Å². The van der Waals surface area contributed by atoms with Gasteiger partial charge in [-0.2, -0.15) is 0 Å². The van der Waals surface area contributed by atoms with E-state index in [0.717, 1.165) is 4.88 Å². The van der Waals surface area contributed by atoms with Gasteiger partial charge in [-0.25, -0.2) is 4.79 Å². The minimum atomic E-state index is -1.01. The molecular weight excluding hydrogens is 254 g/mol. The summed E-state index contributed by atoms with van der Waals surface area (Å²) < 4.78 is 5.08. The average molecular weight is 269 g/mol. The van der Waals surface area contributed by atoms with Gasteiger partial charge in [0.15, 0.2) is 6.10 Å². The van der Waals surface area contributed by atoms with Gasteiger partial charge in [-0.1, -0.05) is 0 Å². The van der Waals surface area contributed by atoms with E-state index < -0.39 is 12.1 Å². The number of ether oxygens (including phenoxy) is 1. The van der Waals surface area contributed by atoms with Crippen molar-refractivity contribution < 1.29 is 19.4 Å². The molecule has 1 atom stereocenters. The van der Waals surface area contributed by atoms with E-state index in [1.165, 1.54) is 4.88 Å². The Morgan fingerprint density at radius 2 is 2.33 bits per heavy atom. The van der Waals surface area contributed by atoms with Crippen molar-refractivity contribution in [1.29, 1.82) is 0 Å². The van der Waals surface area contributed by atoms with Gasteiger partial charge in [-0.15, -0.1) is 11.3 Å². The number of carboxylic acid groups (broad SMARTS) is 1. The van der Waals surface area contributed by atoms with Crippen LogP contribution < -0.4 is 0 Å². The zero-order chi connectivity index (χ0) is 13.1. The molecule has 2 heterocycles. The van der Waals surface area contributed by atoms with E-state index in [0.29, 0.717) is 13.0 Å². The molecular formula is C12H15NO4S. The zero-order valence-electron chi connectivity index (χ0n) is 10.1. The van der Waals surface area contributed by atoms with Crippen molar-refractivity contribution >= 4 is 23.2 Å². The van der Waals surface area contributed by atoms with Crippen molar-refractivity contribution in [3.8, 4) is 0 Å². The van der Waals surface area contributed by atoms with Crippen molar-refractivity contribution in [2.24, 2.45) is 0 Å². The van der Waals surface area contributed by atoms with E-state index >= 15 is 0 Å². The summed E-state index contributed by atoms with van der Waals surface area (Å²) in [6.45, 7) is 2.88. The molecule has 0 spiro atoms. The van der Waals surface area contributed by atoms with E-state index in [-0.39, 0.29) is 19.1 Å². The quantitative estimate of drug-likeness (QED) is 0.885. The molecule has 6 heteroatoms. The van der Waals surface area contributed by atoms with Crippen LogP contribution in [0.2, 0.25) is 0 Å². The molecule has 1 aliphatic heterocycles. The van der Waals surface area contributed by atoms with Crippen molar-refractivity contribution in [2.75, 3.05) is 19.7 Å². The van der Waals surface area contributed by atoms with Gasteiger partial charge in [0.1, 0.15) is 0 Å². The van der Waals surface area contributed by atoms with Crippen LogP contribution in [-0.2, 0) is 20.7 Å². The van der Waals surface area contributed by atoms with Crippen molar-refractivity contribution in [3.05, 3.63) is 21.9 Å². The predicted octanol–water partition coefficient (Wildman–Crippen LogP) is 0.911. The van der Waals surface area contributed by atoms with Crippen LogP contribution in [0.25, 0.3) is 0 Å². The molecule has 0 aromatic carbocycles. The molecule has 0 radical (unpaired) electrons. The van der Waals surface area contributed by atoms with Gasteiger partial charge in [-0.05, 0) is 19.1 Å². The lowest BCUT2D eigenvalue weighted by molar-refractivity contribution is -0.159. The molecule has 1 amide bonds. The molecule has 18 heavy (non-hydrogen) atoms. The maximum atomic E-state index is 12.0. The maximum Gasteiger partial charge on any atom is 0.334 e. The SMILES string of the molecule is Cc1ccc(CC(=O)N2CCO[C@H](C(=O)O)C2)s1. The lowest BCUT2D eigenvalue weighted by atomic mass is 10.2. The third-order valence-electron chi connectivity index (χ3n) is 2.82. The first-order valence-corrected chi connectivity index (χ1v) is 6.55. The molecule has 1 fully saturated rings. The smallest absolute Gasteiger partial charge is 0.334 e. The lowest BCUT2D eigenvalue weighted by Crippen LogP contribution is -2.48. The molecule has 0 unspecified atom stereocenters. The Labute approximate surface area is 109 Å². The molecule has 1 N–H and O–H groups in total. The molecule has 98 valence electrons. The largest absolute Gasteiger partial charge is 0.479 e. The highest BCUT2D eigenvalue weighted by Crippen LogP contribution is 2.17. The third kappa shape index (κ3) is 3.08. The monoisotopic (exact) mass is 269 g/mol. The summed E-state index contributed by atoms with van der Waals surface area (Å²) in [4.78, 5) is 26.6. The Balaban J connectivity index is 1.94. The molecule has 1 aromatic rings. The van der Waals surface area contributed by atoms with Gasteiger partial charge in [-0.3, -0.25) is 4.79 Å². The fraction of sp³-hybridized carbons (Fsp3) is 0.500. The summed E-state index contributed by atoms with van der Waals surface area (Å²) in [5.41, 5.74) is 0. The van der Waals surface area contributed by atoms with Crippen LogP contribution in [0.5, 0.6) is 0 Å². The topological polar surface area (TPSA) is 66.8 Å². The van der Waals surface area contributed by atoms with Gasteiger partial charge in [0.05, 0.1) is 19.6 Å². The Morgan fingerprint density at radius 3 is 2.94 bits per heavy atom. The number of hydrogen-bond donors (Lipinski definition) is 1. The van der Waals surface area contributed by atoms with Crippen molar-refractivity contribution in [2.45, 2.75) is 19.4 Å². The van der Waals surface area contributed by atoms with Crippen LogP contribution in [0.15, 0.2) is 12.1 Å². The number of amides is 1. The highest BCUT2D eigenvalue weighted by atomic mass is 32.1. The number of aryl methyl sites for hydroxylation is 1. The molecule has 1 saturated heterocycles. The summed E-state index contributed by atoms with van der Waals surface area (Å²) in [7, 11) is 0. The molecule has 5 nitrogen and oxygen atoms in total. The second-order valence-electron chi connectivity index (χ2n) is 4.23. The summed E-state index contributed by atoms with van der Waals surface area (Å²) in [6, 6.07) is 3.92. The second kappa shape index (κ2) is 5.49. The van der Waals surface area contributed by atoms with Gasteiger partial charge < -0.3 is 14.7 Å². The van der Waals surface area contributed by atoms with Gasteiger partial charge in [0.25, 0.3) is 0 Å². The molecule has 0 bridgehead atoms. The number of carbonyl (C=O) groups excluding carboxylic acids is 1. The number of hydrogen-bond acceptors (Lipinski definition) is 4. The third-order valence-corrected chi connectivity index (χ3v) is 3.82. The Bertz CT molecular complexity index is 457. The van der Waals surface area contributed by atoms with Crippen LogP contribution >= 0.6 is 11.3 Å². The first-order valence-electron chi connectivity index (χ1n) is 5.74. The van der Waals surface area contributed by atoms with Crippen molar-refractivity contribution in [1.82, 2.24) is 4.90 Å². The van der Waals surface area contributed by atoms with Gasteiger partial charge in [0.2, 0.25) is 5.91 Å². The highest BCUT2D eigenvalue weighted by Gasteiger charge is 2.28. The number of carboxylic acids is 1. The lowest BCUT2D eigenvalue weighted by Gasteiger charge is -2.30.